The summed E-state index contributed by atoms with van der Waals surface area (Å²) >= 11 is 12.0. The van der Waals surface area contributed by atoms with E-state index in [0.29, 0.717) is 16.8 Å². The molecule has 0 radical (unpaired) electrons. The highest BCUT2D eigenvalue weighted by atomic mass is 35.5. The van der Waals surface area contributed by atoms with Gasteiger partial charge in [0.05, 0.1) is 5.02 Å². The summed E-state index contributed by atoms with van der Waals surface area (Å²) in [7, 11) is -4.30. The fourth-order valence-electron chi connectivity index (χ4n) is 3.72. The van der Waals surface area contributed by atoms with Crippen LogP contribution >= 0.6 is 23.2 Å². The van der Waals surface area contributed by atoms with Gasteiger partial charge in [-0.15, -0.1) is 0 Å². The summed E-state index contributed by atoms with van der Waals surface area (Å²) in [4.78, 5) is 2.33. The van der Waals surface area contributed by atoms with Crippen LogP contribution in [-0.4, -0.2) is 17.8 Å². The third kappa shape index (κ3) is 6.22. The Balaban J connectivity index is 1.73. The largest absolute Gasteiger partial charge is 0.505 e. The first-order chi connectivity index (χ1) is 17.7. The Bertz CT molecular complexity index is 1590. The Labute approximate surface area is 223 Å². The van der Waals surface area contributed by atoms with Gasteiger partial charge in [-0.3, -0.25) is 0 Å². The lowest BCUT2D eigenvalue weighted by Gasteiger charge is -2.24. The molecule has 0 amide bonds. The van der Waals surface area contributed by atoms with Crippen molar-refractivity contribution in [3.05, 3.63) is 122 Å². The Morgan fingerprint density at radius 3 is 2.24 bits per heavy atom. The number of azide groups is 1. The van der Waals surface area contributed by atoms with Crippen LogP contribution in [0.5, 0.6) is 5.75 Å². The number of phenolic OH excluding ortho intramolecular Hbond substituents is 1. The number of halogens is 3. The van der Waals surface area contributed by atoms with Gasteiger partial charge in [0, 0.05) is 28.7 Å². The average molecular weight is 557 g/mol. The fourth-order valence-corrected chi connectivity index (χ4v) is 5.88. The second kappa shape index (κ2) is 11.2. The second-order valence-corrected chi connectivity index (χ2v) is 10.8. The maximum absolute atomic E-state index is 13.7. The minimum absolute atomic E-state index is 0.0503. The number of aromatic hydroxyl groups is 1. The lowest BCUT2D eigenvalue weighted by molar-refractivity contribution is 0.394. The van der Waals surface area contributed by atoms with Crippen LogP contribution in [0.3, 0.4) is 0 Å². The molecule has 0 saturated carbocycles. The zero-order valence-corrected chi connectivity index (χ0v) is 21.4. The average Bonchev–Trinajstić information content (AvgIpc) is 2.88. The van der Waals surface area contributed by atoms with E-state index in [1.165, 1.54) is 30.3 Å². The van der Waals surface area contributed by atoms with Gasteiger partial charge in [0.15, 0.2) is 5.75 Å². The molecule has 0 aliphatic carbocycles. The number of rotatable bonds is 8. The molecule has 0 aliphatic heterocycles. The molecule has 0 heterocycles. The van der Waals surface area contributed by atoms with E-state index in [2.05, 4.69) is 10.0 Å². The Kier molecular flexibility index (Phi) is 8.02. The van der Waals surface area contributed by atoms with Crippen LogP contribution in [0, 0.1) is 5.82 Å². The van der Waals surface area contributed by atoms with Gasteiger partial charge >= 0.3 is 0 Å². The molecule has 0 saturated heterocycles. The van der Waals surface area contributed by atoms with Crippen molar-refractivity contribution in [3.8, 4) is 16.9 Å². The maximum atomic E-state index is 13.7. The normalized spacial score (nSPS) is 11.4. The van der Waals surface area contributed by atoms with Gasteiger partial charge in [-0.05, 0) is 58.1 Å². The zero-order valence-electron chi connectivity index (χ0n) is 19.1. The molecule has 4 rings (SSSR count). The van der Waals surface area contributed by atoms with E-state index in [4.69, 9.17) is 28.7 Å². The van der Waals surface area contributed by atoms with Crippen molar-refractivity contribution in [3.63, 3.8) is 0 Å². The first kappa shape index (κ1) is 26.5. The van der Waals surface area contributed by atoms with Gasteiger partial charge in [-0.2, -0.15) is 4.31 Å². The van der Waals surface area contributed by atoms with Crippen LogP contribution in [0.25, 0.3) is 21.6 Å². The van der Waals surface area contributed by atoms with E-state index < -0.39 is 26.5 Å². The molecule has 0 aromatic heterocycles. The van der Waals surface area contributed by atoms with Crippen LogP contribution in [0.15, 0.2) is 94.9 Å². The van der Waals surface area contributed by atoms with E-state index in [1.807, 2.05) is 12.1 Å². The molecular formula is C26H19Cl2FN4O3S. The molecular weight excluding hydrogens is 538 g/mol. The summed E-state index contributed by atoms with van der Waals surface area (Å²) in [6.07, 6.45) is 0. The van der Waals surface area contributed by atoms with E-state index >= 15 is 0 Å². The molecule has 37 heavy (non-hydrogen) atoms. The SMILES string of the molecule is [N-]=[N+]=Nc1ccc(-c2cccc(CN(Cc3ccc(F)cc3)S(=O)(=O)c3cc(Cl)cc(Cl)c3O)c2)cc1. The minimum atomic E-state index is -4.30. The molecule has 0 aliphatic rings. The molecule has 188 valence electrons. The van der Waals surface area contributed by atoms with E-state index in [0.717, 1.165) is 21.5 Å². The van der Waals surface area contributed by atoms with Crippen LogP contribution in [0.1, 0.15) is 11.1 Å². The van der Waals surface area contributed by atoms with Gasteiger partial charge in [0.2, 0.25) is 10.0 Å². The molecule has 1 N–H and O–H groups in total. The minimum Gasteiger partial charge on any atom is -0.505 e. The van der Waals surface area contributed by atoms with Crippen LogP contribution in [0.2, 0.25) is 10.0 Å². The summed E-state index contributed by atoms with van der Waals surface area (Å²) < 4.78 is 42.1. The number of hydrogen-bond acceptors (Lipinski definition) is 4. The summed E-state index contributed by atoms with van der Waals surface area (Å²) in [6, 6.07) is 22.1. The summed E-state index contributed by atoms with van der Waals surface area (Å²) in [5.41, 5.74) is 11.9. The first-order valence-electron chi connectivity index (χ1n) is 10.8. The van der Waals surface area contributed by atoms with Crippen LogP contribution < -0.4 is 0 Å². The van der Waals surface area contributed by atoms with Gasteiger partial charge in [0.25, 0.3) is 0 Å². The third-order valence-corrected chi connectivity index (χ3v) is 7.84. The van der Waals surface area contributed by atoms with Crippen molar-refractivity contribution in [2.75, 3.05) is 0 Å². The molecule has 0 atom stereocenters. The maximum Gasteiger partial charge on any atom is 0.247 e. The van der Waals surface area contributed by atoms with Crippen LogP contribution in [-0.2, 0) is 23.1 Å². The number of phenols is 1. The predicted octanol–water partition coefficient (Wildman–Crippen LogP) is 7.84. The second-order valence-electron chi connectivity index (χ2n) is 8.07. The summed E-state index contributed by atoms with van der Waals surface area (Å²) in [6.45, 7) is -0.162. The highest BCUT2D eigenvalue weighted by molar-refractivity contribution is 7.89. The molecule has 0 unspecified atom stereocenters. The van der Waals surface area contributed by atoms with E-state index in [9.17, 15) is 17.9 Å². The predicted molar refractivity (Wildman–Crippen MR) is 142 cm³/mol. The molecule has 0 bridgehead atoms. The Hall–Kier alpha value is -3.59. The van der Waals surface area contributed by atoms with Gasteiger partial charge in [-0.25, -0.2) is 12.8 Å². The highest BCUT2D eigenvalue weighted by Gasteiger charge is 2.29. The first-order valence-corrected chi connectivity index (χ1v) is 13.0. The molecule has 0 fully saturated rings. The summed E-state index contributed by atoms with van der Waals surface area (Å²) in [5, 5.41) is 13.9. The number of sulfonamides is 1. The monoisotopic (exact) mass is 556 g/mol. The van der Waals surface area contributed by atoms with E-state index in [1.54, 1.807) is 36.4 Å². The van der Waals surface area contributed by atoms with Gasteiger partial charge in [-0.1, -0.05) is 82.9 Å². The van der Waals surface area contributed by atoms with Crippen molar-refractivity contribution in [2.24, 2.45) is 5.11 Å². The smallest absolute Gasteiger partial charge is 0.247 e. The number of hydrogen-bond donors (Lipinski definition) is 1. The number of nitrogens with zero attached hydrogens (tertiary/aromatic N) is 4. The van der Waals surface area contributed by atoms with Crippen LogP contribution in [0.4, 0.5) is 10.1 Å². The lowest BCUT2D eigenvalue weighted by Crippen LogP contribution is -2.30. The molecule has 4 aromatic rings. The molecule has 0 spiro atoms. The third-order valence-electron chi connectivity index (χ3n) is 5.53. The van der Waals surface area contributed by atoms with Crippen molar-refractivity contribution in [1.29, 1.82) is 0 Å². The van der Waals surface area contributed by atoms with Crippen molar-refractivity contribution < 1.29 is 17.9 Å². The van der Waals surface area contributed by atoms with Crippen molar-refractivity contribution in [2.45, 2.75) is 18.0 Å². The standard InChI is InChI=1S/C26H19Cl2FN4O3S/c27-21-13-24(28)26(34)25(14-21)37(35,36)33(15-17-4-8-22(29)9-5-17)16-18-2-1-3-20(12-18)19-6-10-23(11-7-19)31-32-30/h1-14,34H,15-16H2. The molecule has 7 nitrogen and oxygen atoms in total. The molecule has 11 heteroatoms. The van der Waals surface area contributed by atoms with E-state index in [-0.39, 0.29) is 23.1 Å². The summed E-state index contributed by atoms with van der Waals surface area (Å²) in [5.74, 6) is -1.05. The number of benzene rings is 4. The quantitative estimate of drug-likeness (QED) is 0.136. The highest BCUT2D eigenvalue weighted by Crippen LogP contribution is 2.37. The Morgan fingerprint density at radius 2 is 1.57 bits per heavy atom. The lowest BCUT2D eigenvalue weighted by atomic mass is 10.0. The fraction of sp³-hybridized carbons (Fsp3) is 0.0769. The van der Waals surface area contributed by atoms with Gasteiger partial charge in [0.1, 0.15) is 10.7 Å². The molecule has 4 aromatic carbocycles. The van der Waals surface area contributed by atoms with Gasteiger partial charge < -0.3 is 5.11 Å². The van der Waals surface area contributed by atoms with Crippen molar-refractivity contribution in [1.82, 2.24) is 4.31 Å². The zero-order chi connectivity index (χ0) is 26.6. The topological polar surface area (TPSA) is 106 Å². The Morgan fingerprint density at radius 1 is 0.892 bits per heavy atom. The van der Waals surface area contributed by atoms with Crippen molar-refractivity contribution >= 4 is 38.9 Å².